The zero-order valence-corrected chi connectivity index (χ0v) is 17.5. The van der Waals surface area contributed by atoms with Crippen LogP contribution in [0.3, 0.4) is 0 Å². The van der Waals surface area contributed by atoms with Gasteiger partial charge in [0.15, 0.2) is 0 Å². The molecule has 0 bridgehead atoms. The Balaban J connectivity index is 2.33. The second kappa shape index (κ2) is 7.69. The van der Waals surface area contributed by atoms with Gasteiger partial charge in [0.25, 0.3) is 0 Å². The highest BCUT2D eigenvalue weighted by Gasteiger charge is 2.35. The van der Waals surface area contributed by atoms with E-state index in [1.807, 2.05) is 82.3 Å². The summed E-state index contributed by atoms with van der Waals surface area (Å²) in [6.45, 7) is 8.02. The van der Waals surface area contributed by atoms with Crippen molar-refractivity contribution in [2.24, 2.45) is 0 Å². The van der Waals surface area contributed by atoms with E-state index >= 15 is 0 Å². The maximum atomic E-state index is 12.2. The van der Waals surface area contributed by atoms with Crippen LogP contribution < -0.4 is 9.47 Å². The van der Waals surface area contributed by atoms with Crippen LogP contribution in [-0.4, -0.2) is 19.3 Å². The molecule has 3 aromatic carbocycles. The van der Waals surface area contributed by atoms with E-state index in [2.05, 4.69) is 0 Å². The van der Waals surface area contributed by atoms with E-state index in [1.54, 1.807) is 14.2 Å². The molecule has 28 heavy (non-hydrogen) atoms. The van der Waals surface area contributed by atoms with Gasteiger partial charge >= 0.3 is 0 Å². The van der Waals surface area contributed by atoms with Gasteiger partial charge in [-0.3, -0.25) is 0 Å². The van der Waals surface area contributed by atoms with Crippen LogP contribution in [0.25, 0.3) is 0 Å². The number of hydrogen-bond donors (Lipinski definition) is 1. The van der Waals surface area contributed by atoms with Gasteiger partial charge in [-0.2, -0.15) is 0 Å². The summed E-state index contributed by atoms with van der Waals surface area (Å²) in [4.78, 5) is 0. The van der Waals surface area contributed by atoms with Crippen molar-refractivity contribution >= 4 is 0 Å². The Kier molecular flexibility index (Phi) is 5.48. The van der Waals surface area contributed by atoms with Crippen LogP contribution in [0.2, 0.25) is 0 Å². The molecule has 0 amide bonds. The Labute approximate surface area is 167 Å². The summed E-state index contributed by atoms with van der Waals surface area (Å²) in [5.74, 6) is 1.70. The summed E-state index contributed by atoms with van der Waals surface area (Å²) >= 11 is 0. The van der Waals surface area contributed by atoms with Crippen LogP contribution in [0.4, 0.5) is 0 Å². The zero-order chi connectivity index (χ0) is 20.5. The number of ether oxygens (including phenoxy) is 2. The van der Waals surface area contributed by atoms with Gasteiger partial charge in [0.2, 0.25) is 0 Å². The average molecular weight is 376 g/mol. The van der Waals surface area contributed by atoms with Gasteiger partial charge in [-0.15, -0.1) is 0 Å². The van der Waals surface area contributed by atoms with Crippen molar-refractivity contribution in [1.82, 2.24) is 0 Å². The molecular formula is C25H28O3. The molecule has 0 fully saturated rings. The van der Waals surface area contributed by atoms with E-state index < -0.39 is 5.60 Å². The van der Waals surface area contributed by atoms with Crippen molar-refractivity contribution < 1.29 is 14.6 Å². The van der Waals surface area contributed by atoms with Gasteiger partial charge in [0.05, 0.1) is 14.2 Å². The lowest BCUT2D eigenvalue weighted by atomic mass is 9.78. The van der Waals surface area contributed by atoms with Crippen LogP contribution in [-0.2, 0) is 5.60 Å². The molecule has 0 atom stereocenters. The molecule has 0 aliphatic carbocycles. The summed E-state index contributed by atoms with van der Waals surface area (Å²) in [5.41, 5.74) is 5.15. The van der Waals surface area contributed by atoms with E-state index in [9.17, 15) is 5.11 Å². The van der Waals surface area contributed by atoms with Crippen LogP contribution in [0, 0.1) is 27.7 Å². The maximum Gasteiger partial charge on any atom is 0.140 e. The topological polar surface area (TPSA) is 38.7 Å². The summed E-state index contributed by atoms with van der Waals surface area (Å²) in [6.07, 6.45) is 0. The standard InChI is InChI=1S/C25H28O3/c1-16-12-21(13-17(2)23(16)27-5)25(26,20-10-8-7-9-11-20)22-14-18(3)24(28-6)19(4)15-22/h7-15,26H,1-6H3. The number of benzene rings is 3. The lowest BCUT2D eigenvalue weighted by Crippen LogP contribution is -2.29. The fourth-order valence-corrected chi connectivity index (χ4v) is 4.14. The summed E-state index contributed by atoms with van der Waals surface area (Å²) in [7, 11) is 3.35. The van der Waals surface area contributed by atoms with Gasteiger partial charge in [0.1, 0.15) is 17.1 Å². The summed E-state index contributed by atoms with van der Waals surface area (Å²) < 4.78 is 11.1. The highest BCUT2D eigenvalue weighted by atomic mass is 16.5. The molecule has 0 spiro atoms. The van der Waals surface area contributed by atoms with Gasteiger partial charge in [-0.25, -0.2) is 0 Å². The molecule has 0 aliphatic heterocycles. The number of hydrogen-bond acceptors (Lipinski definition) is 3. The van der Waals surface area contributed by atoms with Crippen molar-refractivity contribution in [3.63, 3.8) is 0 Å². The van der Waals surface area contributed by atoms with Gasteiger partial charge < -0.3 is 14.6 Å². The fourth-order valence-electron chi connectivity index (χ4n) is 4.14. The number of aryl methyl sites for hydroxylation is 4. The predicted octanol–water partition coefficient (Wildman–Crippen LogP) is 5.22. The molecule has 3 aromatic rings. The van der Waals surface area contributed by atoms with Crippen LogP contribution in [0.1, 0.15) is 38.9 Å². The Morgan fingerprint density at radius 2 is 0.964 bits per heavy atom. The minimum Gasteiger partial charge on any atom is -0.496 e. The number of methoxy groups -OCH3 is 2. The fraction of sp³-hybridized carbons (Fsp3) is 0.280. The molecule has 0 unspecified atom stereocenters. The quantitative estimate of drug-likeness (QED) is 0.620. The Bertz CT molecular complexity index is 884. The first-order valence-corrected chi connectivity index (χ1v) is 9.42. The molecule has 1 N–H and O–H groups in total. The largest absolute Gasteiger partial charge is 0.496 e. The lowest BCUT2D eigenvalue weighted by Gasteiger charge is -2.32. The van der Waals surface area contributed by atoms with Crippen molar-refractivity contribution in [2.75, 3.05) is 14.2 Å². The third-order valence-electron chi connectivity index (χ3n) is 5.36. The molecule has 0 aliphatic rings. The highest BCUT2D eigenvalue weighted by Crippen LogP contribution is 2.41. The van der Waals surface area contributed by atoms with Crippen LogP contribution in [0.5, 0.6) is 11.5 Å². The molecule has 3 rings (SSSR count). The SMILES string of the molecule is COc1c(C)cc(C(O)(c2ccccc2)c2cc(C)c(OC)c(C)c2)cc1C. The van der Waals surface area contributed by atoms with E-state index in [0.717, 1.165) is 50.4 Å². The molecule has 3 heteroatoms. The van der Waals surface area contributed by atoms with Gasteiger partial charge in [-0.05, 0) is 90.9 Å². The smallest absolute Gasteiger partial charge is 0.140 e. The molecule has 146 valence electrons. The van der Waals surface area contributed by atoms with E-state index in [4.69, 9.17) is 9.47 Å². The third-order valence-corrected chi connectivity index (χ3v) is 5.36. The van der Waals surface area contributed by atoms with Crippen LogP contribution >= 0.6 is 0 Å². The number of aliphatic hydroxyl groups is 1. The average Bonchev–Trinajstić information content (AvgIpc) is 2.67. The highest BCUT2D eigenvalue weighted by molar-refractivity contribution is 5.55. The van der Waals surface area contributed by atoms with Gasteiger partial charge in [-0.1, -0.05) is 30.3 Å². The molecule has 0 saturated carbocycles. The summed E-state index contributed by atoms with van der Waals surface area (Å²) in [5, 5.41) is 12.2. The minimum absolute atomic E-state index is 0.818. The first-order valence-electron chi connectivity index (χ1n) is 9.42. The lowest BCUT2D eigenvalue weighted by molar-refractivity contribution is 0.125. The minimum atomic E-state index is -1.29. The molecule has 0 heterocycles. The van der Waals surface area contributed by atoms with Gasteiger partial charge in [0, 0.05) is 0 Å². The molecule has 0 aromatic heterocycles. The Morgan fingerprint density at radius 1 is 0.607 bits per heavy atom. The number of rotatable bonds is 5. The monoisotopic (exact) mass is 376 g/mol. The van der Waals surface area contributed by atoms with E-state index in [0.29, 0.717) is 0 Å². The molecule has 0 radical (unpaired) electrons. The molecular weight excluding hydrogens is 348 g/mol. The van der Waals surface area contributed by atoms with Crippen molar-refractivity contribution in [2.45, 2.75) is 33.3 Å². The molecule has 3 nitrogen and oxygen atoms in total. The van der Waals surface area contributed by atoms with E-state index in [-0.39, 0.29) is 0 Å². The van der Waals surface area contributed by atoms with Crippen LogP contribution in [0.15, 0.2) is 54.6 Å². The predicted molar refractivity (Wildman–Crippen MR) is 113 cm³/mol. The maximum absolute atomic E-state index is 12.2. The third kappa shape index (κ3) is 3.27. The second-order valence-corrected chi connectivity index (χ2v) is 7.36. The molecule has 0 saturated heterocycles. The normalized spacial score (nSPS) is 11.4. The van der Waals surface area contributed by atoms with Crippen molar-refractivity contribution in [3.8, 4) is 11.5 Å². The van der Waals surface area contributed by atoms with Crippen molar-refractivity contribution in [1.29, 1.82) is 0 Å². The Hall–Kier alpha value is -2.78. The summed E-state index contributed by atoms with van der Waals surface area (Å²) in [6, 6.07) is 17.8. The first kappa shape index (κ1) is 20.0. The first-order chi connectivity index (χ1) is 13.3. The second-order valence-electron chi connectivity index (χ2n) is 7.36. The zero-order valence-electron chi connectivity index (χ0n) is 17.5. The van der Waals surface area contributed by atoms with Crippen molar-refractivity contribution in [3.05, 3.63) is 93.5 Å². The Morgan fingerprint density at radius 3 is 1.29 bits per heavy atom. The van der Waals surface area contributed by atoms with E-state index in [1.165, 1.54) is 0 Å².